The van der Waals surface area contributed by atoms with Crippen molar-refractivity contribution in [3.63, 3.8) is 0 Å². The van der Waals surface area contributed by atoms with E-state index in [1.54, 1.807) is 63.8 Å². The molecular weight excluding hydrogens is 398 g/mol. The number of ether oxygens (including phenoxy) is 4. The third kappa shape index (κ3) is 3.79. The summed E-state index contributed by atoms with van der Waals surface area (Å²) in [6.45, 7) is 0. The largest absolute Gasteiger partial charge is 0.497 e. The van der Waals surface area contributed by atoms with Gasteiger partial charge in [0.05, 0.1) is 39.0 Å². The van der Waals surface area contributed by atoms with Crippen LogP contribution < -0.4 is 23.8 Å². The molecule has 1 aliphatic rings. The van der Waals surface area contributed by atoms with E-state index in [1.165, 1.54) is 23.8 Å². The minimum atomic E-state index is -0.233. The van der Waals surface area contributed by atoms with Gasteiger partial charge in [-0.05, 0) is 36.4 Å². The Labute approximate surface area is 173 Å². The molecule has 6 nitrogen and oxygen atoms in total. The Morgan fingerprint density at radius 2 is 1.54 bits per heavy atom. The van der Waals surface area contributed by atoms with Gasteiger partial charge in [0.25, 0.3) is 5.91 Å². The SMILES string of the molecule is COc1ccc(OC)c(/C=C2\SC(=S)N(c3ccc(OC)cc3OC)C2=O)c1. The molecule has 2 aromatic carbocycles. The normalized spacial score (nSPS) is 15.1. The predicted octanol–water partition coefficient (Wildman–Crippen LogP) is 4.13. The van der Waals surface area contributed by atoms with Gasteiger partial charge in [-0.25, -0.2) is 0 Å². The number of rotatable bonds is 6. The van der Waals surface area contributed by atoms with Crippen LogP contribution >= 0.6 is 24.0 Å². The Morgan fingerprint density at radius 3 is 2.18 bits per heavy atom. The van der Waals surface area contributed by atoms with Crippen molar-refractivity contribution in [3.8, 4) is 23.0 Å². The number of carbonyl (C=O) groups excluding carboxylic acids is 1. The first kappa shape index (κ1) is 20.0. The van der Waals surface area contributed by atoms with Crippen LogP contribution in [0.3, 0.4) is 0 Å². The minimum Gasteiger partial charge on any atom is -0.497 e. The summed E-state index contributed by atoms with van der Waals surface area (Å²) in [5, 5.41) is 0. The van der Waals surface area contributed by atoms with Crippen molar-refractivity contribution in [3.05, 3.63) is 46.9 Å². The Balaban J connectivity index is 2.00. The Kier molecular flexibility index (Phi) is 6.11. The number of hydrogen-bond donors (Lipinski definition) is 0. The third-order valence-corrected chi connectivity index (χ3v) is 5.45. The molecule has 1 saturated heterocycles. The van der Waals surface area contributed by atoms with Crippen molar-refractivity contribution in [2.45, 2.75) is 0 Å². The van der Waals surface area contributed by atoms with E-state index in [0.717, 1.165) is 5.56 Å². The van der Waals surface area contributed by atoms with Gasteiger partial charge in [0.2, 0.25) is 0 Å². The lowest BCUT2D eigenvalue weighted by molar-refractivity contribution is -0.113. The Morgan fingerprint density at radius 1 is 0.893 bits per heavy atom. The summed E-state index contributed by atoms with van der Waals surface area (Å²) in [4.78, 5) is 15.0. The summed E-state index contributed by atoms with van der Waals surface area (Å²) in [6.07, 6.45) is 1.75. The number of thioether (sulfide) groups is 1. The predicted molar refractivity (Wildman–Crippen MR) is 115 cm³/mol. The van der Waals surface area contributed by atoms with Crippen LogP contribution in [-0.4, -0.2) is 38.7 Å². The number of hydrogen-bond acceptors (Lipinski definition) is 7. The van der Waals surface area contributed by atoms with Crippen molar-refractivity contribution in [2.24, 2.45) is 0 Å². The van der Waals surface area contributed by atoms with Crippen molar-refractivity contribution in [1.82, 2.24) is 0 Å². The fraction of sp³-hybridized carbons (Fsp3) is 0.200. The van der Waals surface area contributed by atoms with Gasteiger partial charge in [-0.15, -0.1) is 0 Å². The summed E-state index contributed by atoms with van der Waals surface area (Å²) in [7, 11) is 6.26. The average Bonchev–Trinajstić information content (AvgIpc) is 3.00. The van der Waals surface area contributed by atoms with E-state index in [4.69, 9.17) is 31.2 Å². The van der Waals surface area contributed by atoms with E-state index < -0.39 is 0 Å². The fourth-order valence-electron chi connectivity index (χ4n) is 2.74. The highest BCUT2D eigenvalue weighted by molar-refractivity contribution is 8.27. The molecule has 0 aliphatic carbocycles. The maximum atomic E-state index is 13.1. The van der Waals surface area contributed by atoms with E-state index in [9.17, 15) is 4.79 Å². The van der Waals surface area contributed by atoms with Gasteiger partial charge in [-0.1, -0.05) is 24.0 Å². The second-order valence-electron chi connectivity index (χ2n) is 5.66. The number of anilines is 1. The number of carbonyl (C=O) groups is 1. The van der Waals surface area contributed by atoms with Gasteiger partial charge in [0.1, 0.15) is 23.0 Å². The molecule has 3 rings (SSSR count). The number of methoxy groups -OCH3 is 4. The molecule has 0 N–H and O–H groups in total. The van der Waals surface area contributed by atoms with Crippen LogP contribution in [-0.2, 0) is 4.79 Å². The van der Waals surface area contributed by atoms with Crippen LogP contribution in [0.5, 0.6) is 23.0 Å². The van der Waals surface area contributed by atoms with E-state index in [2.05, 4.69) is 0 Å². The molecular formula is C20H19NO5S2. The minimum absolute atomic E-state index is 0.233. The first-order valence-corrected chi connectivity index (χ1v) is 9.46. The molecule has 0 aromatic heterocycles. The van der Waals surface area contributed by atoms with E-state index in [1.807, 2.05) is 0 Å². The molecule has 0 spiro atoms. The molecule has 0 radical (unpaired) electrons. The van der Waals surface area contributed by atoms with E-state index >= 15 is 0 Å². The van der Waals surface area contributed by atoms with Crippen molar-refractivity contribution in [2.75, 3.05) is 33.3 Å². The molecule has 28 heavy (non-hydrogen) atoms. The molecule has 1 fully saturated rings. The Bertz CT molecular complexity index is 958. The summed E-state index contributed by atoms with van der Waals surface area (Å²) in [5.74, 6) is 2.19. The van der Waals surface area contributed by atoms with Crippen molar-refractivity contribution >= 4 is 46.0 Å². The quantitative estimate of drug-likeness (QED) is 0.517. The maximum Gasteiger partial charge on any atom is 0.270 e. The molecule has 2 aromatic rings. The van der Waals surface area contributed by atoms with Gasteiger partial charge >= 0.3 is 0 Å². The summed E-state index contributed by atoms with van der Waals surface area (Å²) in [5.41, 5.74) is 1.29. The summed E-state index contributed by atoms with van der Waals surface area (Å²) in [6, 6.07) is 10.6. The van der Waals surface area contributed by atoms with Gasteiger partial charge < -0.3 is 18.9 Å². The van der Waals surface area contributed by atoms with E-state index in [0.29, 0.717) is 37.9 Å². The second-order valence-corrected chi connectivity index (χ2v) is 7.34. The van der Waals surface area contributed by atoms with Crippen LogP contribution in [0.4, 0.5) is 5.69 Å². The van der Waals surface area contributed by atoms with Crippen LogP contribution in [0.15, 0.2) is 41.3 Å². The first-order valence-electron chi connectivity index (χ1n) is 8.24. The summed E-state index contributed by atoms with van der Waals surface area (Å²) < 4.78 is 21.7. The molecule has 1 aliphatic heterocycles. The molecule has 146 valence electrons. The van der Waals surface area contributed by atoms with Crippen LogP contribution in [0.1, 0.15) is 5.56 Å². The number of benzene rings is 2. The zero-order valence-electron chi connectivity index (χ0n) is 15.8. The third-order valence-electron chi connectivity index (χ3n) is 4.14. The highest BCUT2D eigenvalue weighted by Crippen LogP contribution is 2.42. The smallest absolute Gasteiger partial charge is 0.270 e. The second kappa shape index (κ2) is 8.53. The molecule has 1 heterocycles. The van der Waals surface area contributed by atoms with Crippen LogP contribution in [0.25, 0.3) is 6.08 Å². The van der Waals surface area contributed by atoms with Crippen molar-refractivity contribution in [1.29, 1.82) is 0 Å². The molecule has 1 amide bonds. The highest BCUT2D eigenvalue weighted by atomic mass is 32.2. The molecule has 0 bridgehead atoms. The molecule has 0 unspecified atom stereocenters. The van der Waals surface area contributed by atoms with Crippen LogP contribution in [0, 0.1) is 0 Å². The van der Waals surface area contributed by atoms with Crippen molar-refractivity contribution < 1.29 is 23.7 Å². The average molecular weight is 418 g/mol. The number of thiocarbonyl (C=S) groups is 1. The lowest BCUT2D eigenvalue weighted by Crippen LogP contribution is -2.27. The molecule has 0 saturated carbocycles. The van der Waals surface area contributed by atoms with Gasteiger partial charge in [-0.3, -0.25) is 9.69 Å². The van der Waals surface area contributed by atoms with Gasteiger partial charge in [0.15, 0.2) is 4.32 Å². The fourth-order valence-corrected chi connectivity index (χ4v) is 4.01. The maximum absolute atomic E-state index is 13.1. The molecule has 8 heteroatoms. The lowest BCUT2D eigenvalue weighted by Gasteiger charge is -2.18. The highest BCUT2D eigenvalue weighted by Gasteiger charge is 2.35. The Hall–Kier alpha value is -2.71. The van der Waals surface area contributed by atoms with Gasteiger partial charge in [0, 0.05) is 11.6 Å². The lowest BCUT2D eigenvalue weighted by atomic mass is 10.1. The van der Waals surface area contributed by atoms with E-state index in [-0.39, 0.29) is 5.91 Å². The zero-order valence-corrected chi connectivity index (χ0v) is 17.5. The standard InChI is InChI=1S/C20H19NO5S2/c1-23-13-6-8-16(25-3)12(9-13)10-18-19(22)21(20(27)28-18)15-7-5-14(24-2)11-17(15)26-4/h5-11H,1-4H3/b18-10-. The monoisotopic (exact) mass is 417 g/mol. The summed E-state index contributed by atoms with van der Waals surface area (Å²) >= 11 is 6.67. The topological polar surface area (TPSA) is 57.2 Å². The zero-order chi connectivity index (χ0) is 20.3. The first-order chi connectivity index (χ1) is 13.5. The van der Waals surface area contributed by atoms with Crippen LogP contribution in [0.2, 0.25) is 0 Å². The number of nitrogens with zero attached hydrogens (tertiary/aromatic N) is 1. The van der Waals surface area contributed by atoms with Gasteiger partial charge in [-0.2, -0.15) is 0 Å². The number of amides is 1. The molecule has 0 atom stereocenters.